The topological polar surface area (TPSA) is 62.5 Å². The molecule has 1 heterocycles. The fourth-order valence-electron chi connectivity index (χ4n) is 3.36. The lowest BCUT2D eigenvalue weighted by atomic mass is 9.75. The number of amides is 1. The van der Waals surface area contributed by atoms with E-state index < -0.39 is 6.10 Å². The summed E-state index contributed by atoms with van der Waals surface area (Å²) in [6, 6.07) is 9.76. The molecule has 1 aromatic carbocycles. The van der Waals surface area contributed by atoms with Gasteiger partial charge in [-0.1, -0.05) is 44.2 Å². The summed E-state index contributed by atoms with van der Waals surface area (Å²) in [5, 5.41) is 13.3. The highest BCUT2D eigenvalue weighted by atomic mass is 16.4. The molecule has 0 saturated heterocycles. The van der Waals surface area contributed by atoms with Crippen molar-refractivity contribution in [2.24, 2.45) is 5.41 Å². The Kier molecular flexibility index (Phi) is 4.02. The minimum absolute atomic E-state index is 0.0194. The fourth-order valence-corrected chi connectivity index (χ4v) is 3.36. The van der Waals surface area contributed by atoms with Crippen molar-refractivity contribution in [3.63, 3.8) is 0 Å². The number of aliphatic hydroxyl groups excluding tert-OH is 1. The van der Waals surface area contributed by atoms with Crippen LogP contribution in [0.2, 0.25) is 0 Å². The molecule has 1 amide bonds. The maximum absolute atomic E-state index is 12.4. The predicted molar refractivity (Wildman–Crippen MR) is 88.1 cm³/mol. The van der Waals surface area contributed by atoms with Crippen LogP contribution in [0.4, 0.5) is 0 Å². The second-order valence-electron chi connectivity index (χ2n) is 7.12. The van der Waals surface area contributed by atoms with Gasteiger partial charge in [-0.3, -0.25) is 4.79 Å². The first kappa shape index (κ1) is 15.8. The third-order valence-corrected chi connectivity index (χ3v) is 4.49. The van der Waals surface area contributed by atoms with E-state index in [-0.39, 0.29) is 11.3 Å². The number of fused-ring (bicyclic) bond motifs is 1. The summed E-state index contributed by atoms with van der Waals surface area (Å²) in [4.78, 5) is 12.4. The molecule has 0 aliphatic heterocycles. The van der Waals surface area contributed by atoms with Crippen LogP contribution in [0.3, 0.4) is 0 Å². The van der Waals surface area contributed by atoms with Crippen molar-refractivity contribution in [3.05, 3.63) is 58.5 Å². The van der Waals surface area contributed by atoms with Crippen molar-refractivity contribution < 1.29 is 14.3 Å². The van der Waals surface area contributed by atoms with Gasteiger partial charge < -0.3 is 14.8 Å². The molecule has 4 heteroatoms. The van der Waals surface area contributed by atoms with Gasteiger partial charge in [-0.05, 0) is 24.3 Å². The summed E-state index contributed by atoms with van der Waals surface area (Å²) in [6.45, 7) is 6.51. The Morgan fingerprint density at radius 2 is 2.04 bits per heavy atom. The van der Waals surface area contributed by atoms with Gasteiger partial charge in [0.15, 0.2) is 5.76 Å². The van der Waals surface area contributed by atoms with Crippen LogP contribution >= 0.6 is 0 Å². The summed E-state index contributed by atoms with van der Waals surface area (Å²) in [6.07, 6.45) is 0.866. The zero-order valence-electron chi connectivity index (χ0n) is 13.8. The van der Waals surface area contributed by atoms with Gasteiger partial charge in [-0.25, -0.2) is 0 Å². The maximum atomic E-state index is 12.4. The molecule has 1 aliphatic rings. The summed E-state index contributed by atoms with van der Waals surface area (Å²) in [7, 11) is 0. The molecule has 1 atom stereocenters. The molecule has 1 unspecified atom stereocenters. The molecule has 2 N–H and O–H groups in total. The summed E-state index contributed by atoms with van der Waals surface area (Å²) >= 11 is 0. The number of aliphatic hydroxyl groups is 1. The Bertz CT molecular complexity index is 716. The number of furan rings is 1. The van der Waals surface area contributed by atoms with Crippen molar-refractivity contribution in [1.29, 1.82) is 0 Å². The lowest BCUT2D eigenvalue weighted by molar-refractivity contribution is 0.0883. The largest absolute Gasteiger partial charge is 0.455 e. The quantitative estimate of drug-likeness (QED) is 0.911. The van der Waals surface area contributed by atoms with Crippen LogP contribution in [0.5, 0.6) is 0 Å². The van der Waals surface area contributed by atoms with E-state index in [1.54, 1.807) is 0 Å². The zero-order valence-corrected chi connectivity index (χ0v) is 13.8. The fraction of sp³-hybridized carbons (Fsp3) is 0.421. The second-order valence-corrected chi connectivity index (χ2v) is 7.12. The molecule has 0 spiro atoms. The van der Waals surface area contributed by atoms with E-state index in [1.165, 1.54) is 0 Å². The maximum Gasteiger partial charge on any atom is 0.287 e. The smallest absolute Gasteiger partial charge is 0.287 e. The molecule has 122 valence electrons. The third kappa shape index (κ3) is 3.17. The summed E-state index contributed by atoms with van der Waals surface area (Å²) < 4.78 is 5.82. The lowest BCUT2D eigenvalue weighted by Crippen LogP contribution is -2.25. The van der Waals surface area contributed by atoms with Crippen LogP contribution in [0, 0.1) is 12.3 Å². The van der Waals surface area contributed by atoms with E-state index in [1.807, 2.05) is 37.3 Å². The Hall–Kier alpha value is -2.07. The van der Waals surface area contributed by atoms with Crippen LogP contribution in [0.25, 0.3) is 0 Å². The van der Waals surface area contributed by atoms with Crippen molar-refractivity contribution in [2.45, 2.75) is 46.3 Å². The number of rotatable bonds is 3. The zero-order chi connectivity index (χ0) is 16.6. The van der Waals surface area contributed by atoms with E-state index in [0.29, 0.717) is 18.7 Å². The number of hydrogen-bond acceptors (Lipinski definition) is 3. The Balaban J connectivity index is 1.80. The highest BCUT2D eigenvalue weighted by Crippen LogP contribution is 2.43. The van der Waals surface area contributed by atoms with E-state index >= 15 is 0 Å². The first-order chi connectivity index (χ1) is 10.9. The molecule has 0 bridgehead atoms. The third-order valence-electron chi connectivity index (χ3n) is 4.49. The first-order valence-corrected chi connectivity index (χ1v) is 8.00. The molecule has 1 aliphatic carbocycles. The highest BCUT2D eigenvalue weighted by molar-refractivity contribution is 5.93. The number of carbonyl (C=O) groups excluding carboxylic acids is 1. The molecule has 0 fully saturated rings. The van der Waals surface area contributed by atoms with Gasteiger partial charge in [0.25, 0.3) is 5.91 Å². The van der Waals surface area contributed by atoms with Crippen LogP contribution < -0.4 is 5.32 Å². The van der Waals surface area contributed by atoms with Crippen molar-refractivity contribution in [3.8, 4) is 0 Å². The molecule has 23 heavy (non-hydrogen) atoms. The Morgan fingerprint density at radius 1 is 1.35 bits per heavy atom. The van der Waals surface area contributed by atoms with Gasteiger partial charge >= 0.3 is 0 Å². The normalized spacial score (nSPS) is 19.2. The van der Waals surface area contributed by atoms with Crippen LogP contribution in [-0.4, -0.2) is 11.0 Å². The van der Waals surface area contributed by atoms with E-state index in [4.69, 9.17) is 4.42 Å². The minimum atomic E-state index is -0.562. The molecular weight excluding hydrogens is 290 g/mol. The molecule has 3 rings (SSSR count). The number of benzene rings is 1. The molecule has 0 saturated carbocycles. The molecule has 4 nitrogen and oxygen atoms in total. The Labute approximate surface area is 136 Å². The van der Waals surface area contributed by atoms with Crippen molar-refractivity contribution in [1.82, 2.24) is 5.32 Å². The SMILES string of the molecule is Cc1c(C(=O)NCc2ccccc2)oc2c1C(O)CC(C)(C)C2. The number of carbonyl (C=O) groups is 1. The van der Waals surface area contributed by atoms with Gasteiger partial charge in [-0.15, -0.1) is 0 Å². The summed E-state index contributed by atoms with van der Waals surface area (Å²) in [5.41, 5.74) is 2.58. The first-order valence-electron chi connectivity index (χ1n) is 8.00. The van der Waals surface area contributed by atoms with Crippen molar-refractivity contribution in [2.75, 3.05) is 0 Å². The summed E-state index contributed by atoms with van der Waals surface area (Å²) in [5.74, 6) is 0.838. The monoisotopic (exact) mass is 313 g/mol. The van der Waals surface area contributed by atoms with Gasteiger partial charge in [0.05, 0.1) is 6.10 Å². The highest BCUT2D eigenvalue weighted by Gasteiger charge is 2.37. The number of nitrogens with one attached hydrogen (secondary N) is 1. The Morgan fingerprint density at radius 3 is 2.74 bits per heavy atom. The van der Waals surface area contributed by atoms with E-state index in [9.17, 15) is 9.90 Å². The molecule has 1 aromatic heterocycles. The average Bonchev–Trinajstić information content (AvgIpc) is 2.81. The predicted octanol–water partition coefficient (Wildman–Crippen LogP) is 3.52. The minimum Gasteiger partial charge on any atom is -0.455 e. The lowest BCUT2D eigenvalue weighted by Gasteiger charge is -2.31. The van der Waals surface area contributed by atoms with Crippen LogP contribution in [-0.2, 0) is 13.0 Å². The van der Waals surface area contributed by atoms with Gasteiger partial charge in [0.1, 0.15) is 5.76 Å². The second kappa shape index (κ2) is 5.85. The van der Waals surface area contributed by atoms with Crippen LogP contribution in [0.1, 0.15) is 59.4 Å². The van der Waals surface area contributed by atoms with Gasteiger partial charge in [0, 0.05) is 24.1 Å². The average molecular weight is 313 g/mol. The standard InChI is InChI=1S/C19H23NO3/c1-12-16-14(21)9-19(2,3)10-15(16)23-17(12)18(22)20-11-13-7-5-4-6-8-13/h4-8,14,21H,9-11H2,1-3H3,(H,20,22). The molecule has 2 aromatic rings. The number of hydrogen-bond donors (Lipinski definition) is 2. The van der Waals surface area contributed by atoms with Gasteiger partial charge in [0.2, 0.25) is 0 Å². The van der Waals surface area contributed by atoms with Crippen molar-refractivity contribution >= 4 is 5.91 Å². The molecular formula is C19H23NO3. The molecule has 0 radical (unpaired) electrons. The van der Waals surface area contributed by atoms with E-state index in [0.717, 1.165) is 28.9 Å². The van der Waals surface area contributed by atoms with Crippen LogP contribution in [0.15, 0.2) is 34.7 Å². The van der Waals surface area contributed by atoms with E-state index in [2.05, 4.69) is 19.2 Å². The van der Waals surface area contributed by atoms with Gasteiger partial charge in [-0.2, -0.15) is 0 Å².